The molecule has 0 saturated carbocycles. The Balaban J connectivity index is 2.97. The first-order chi connectivity index (χ1) is 17.6. The predicted octanol–water partition coefficient (Wildman–Crippen LogP) is 2.61. The summed E-state index contributed by atoms with van der Waals surface area (Å²) >= 11 is 0. The summed E-state index contributed by atoms with van der Waals surface area (Å²) in [5, 5.41) is 9.90. The number of ether oxygens (including phenoxy) is 2. The van der Waals surface area contributed by atoms with E-state index in [2.05, 4.69) is 26.1 Å². The second-order valence-electron chi connectivity index (χ2n) is 11.5. The number of carbonyl (C=O) groups is 4. The molecule has 0 unspecified atom stereocenters. The summed E-state index contributed by atoms with van der Waals surface area (Å²) in [6.07, 6.45) is -0.326. The van der Waals surface area contributed by atoms with Crippen LogP contribution in [0.2, 0.25) is 0 Å². The van der Waals surface area contributed by atoms with Gasteiger partial charge in [0.25, 0.3) is 5.91 Å². The standard InChI is InChI=1S/C27H45N5O6/c1-26(2,3)20(29-24(35)37-8)22(33)28-19(17-18-13-11-10-12-14-18)15-16-32(7)31-23(34)21(27(4,5)6)30-25(36)38-9/h10-14,19-21H,15-17H2,1-9H3,(H,28,33)(H,29,35)(H,30,36)(H,31,34)/t19-,20+,21-/m1/s1. The van der Waals surface area contributed by atoms with E-state index in [9.17, 15) is 19.2 Å². The molecular formula is C27H45N5O6. The maximum Gasteiger partial charge on any atom is 0.407 e. The fourth-order valence-corrected chi connectivity index (χ4v) is 3.77. The molecule has 4 amide bonds. The van der Waals surface area contributed by atoms with Crippen LogP contribution in [0.4, 0.5) is 9.59 Å². The molecule has 0 aliphatic rings. The molecule has 0 aliphatic carbocycles. The molecule has 4 N–H and O–H groups in total. The fourth-order valence-electron chi connectivity index (χ4n) is 3.77. The van der Waals surface area contributed by atoms with E-state index in [1.54, 1.807) is 12.1 Å². The number of carbonyl (C=O) groups excluding carboxylic acids is 4. The Labute approximate surface area is 226 Å². The minimum Gasteiger partial charge on any atom is -0.453 e. The van der Waals surface area contributed by atoms with Gasteiger partial charge in [0.15, 0.2) is 0 Å². The predicted molar refractivity (Wildman–Crippen MR) is 145 cm³/mol. The molecule has 0 saturated heterocycles. The summed E-state index contributed by atoms with van der Waals surface area (Å²) in [5.74, 6) is -0.713. The molecule has 11 heteroatoms. The summed E-state index contributed by atoms with van der Waals surface area (Å²) in [7, 11) is 4.21. The van der Waals surface area contributed by atoms with E-state index in [0.29, 0.717) is 19.4 Å². The number of hydrogen-bond donors (Lipinski definition) is 4. The maximum atomic E-state index is 13.3. The molecule has 38 heavy (non-hydrogen) atoms. The van der Waals surface area contributed by atoms with E-state index in [1.165, 1.54) is 14.2 Å². The van der Waals surface area contributed by atoms with Crippen molar-refractivity contribution < 1.29 is 28.7 Å². The van der Waals surface area contributed by atoms with Crippen molar-refractivity contribution in [3.63, 3.8) is 0 Å². The lowest BCUT2D eigenvalue weighted by molar-refractivity contribution is -0.130. The summed E-state index contributed by atoms with van der Waals surface area (Å²) < 4.78 is 9.37. The Kier molecular flexibility index (Phi) is 12.5. The van der Waals surface area contributed by atoms with Gasteiger partial charge < -0.3 is 25.4 Å². The maximum absolute atomic E-state index is 13.3. The van der Waals surface area contributed by atoms with Gasteiger partial charge in [-0.15, -0.1) is 0 Å². The zero-order chi connectivity index (χ0) is 29.1. The lowest BCUT2D eigenvalue weighted by Gasteiger charge is -2.33. The van der Waals surface area contributed by atoms with Crippen LogP contribution in [0.5, 0.6) is 0 Å². The van der Waals surface area contributed by atoms with Crippen LogP contribution in [0.25, 0.3) is 0 Å². The first-order valence-electron chi connectivity index (χ1n) is 12.6. The van der Waals surface area contributed by atoms with Crippen molar-refractivity contribution in [3.8, 4) is 0 Å². The number of nitrogens with zero attached hydrogens (tertiary/aromatic N) is 1. The third-order valence-corrected chi connectivity index (χ3v) is 5.94. The van der Waals surface area contributed by atoms with E-state index in [-0.39, 0.29) is 17.9 Å². The molecule has 0 aliphatic heterocycles. The molecule has 0 bridgehead atoms. The van der Waals surface area contributed by atoms with E-state index in [1.807, 2.05) is 71.9 Å². The van der Waals surface area contributed by atoms with Crippen molar-refractivity contribution in [2.24, 2.45) is 10.8 Å². The van der Waals surface area contributed by atoms with Crippen molar-refractivity contribution in [1.82, 2.24) is 26.4 Å². The lowest BCUT2D eigenvalue weighted by Crippen LogP contribution is -2.57. The number of hydrogen-bond acceptors (Lipinski definition) is 7. The minimum absolute atomic E-state index is 0.292. The fraction of sp³-hybridized carbons (Fsp3) is 0.630. The van der Waals surface area contributed by atoms with Crippen LogP contribution in [0.15, 0.2) is 30.3 Å². The van der Waals surface area contributed by atoms with E-state index in [0.717, 1.165) is 5.56 Å². The number of benzene rings is 1. The number of amides is 4. The van der Waals surface area contributed by atoms with Gasteiger partial charge in [-0.05, 0) is 29.2 Å². The molecule has 0 heterocycles. The molecule has 1 aromatic carbocycles. The molecule has 1 rings (SSSR count). The van der Waals surface area contributed by atoms with Crippen LogP contribution in [-0.4, -0.2) is 74.9 Å². The molecule has 3 atom stereocenters. The third kappa shape index (κ3) is 11.4. The van der Waals surface area contributed by atoms with Gasteiger partial charge in [0.1, 0.15) is 12.1 Å². The smallest absolute Gasteiger partial charge is 0.407 e. The molecule has 0 aromatic heterocycles. The molecule has 1 aromatic rings. The average Bonchev–Trinajstić information content (AvgIpc) is 2.82. The quantitative estimate of drug-likeness (QED) is 0.320. The van der Waals surface area contributed by atoms with Crippen molar-refractivity contribution >= 4 is 24.0 Å². The Hall–Kier alpha value is -3.34. The van der Waals surface area contributed by atoms with Crippen molar-refractivity contribution in [3.05, 3.63) is 35.9 Å². The molecule has 214 valence electrons. The summed E-state index contributed by atoms with van der Waals surface area (Å²) in [4.78, 5) is 49.9. The molecule has 0 spiro atoms. The van der Waals surface area contributed by atoms with Crippen molar-refractivity contribution in [2.75, 3.05) is 27.8 Å². The summed E-state index contributed by atoms with van der Waals surface area (Å²) in [6, 6.07) is 7.80. The first-order valence-corrected chi connectivity index (χ1v) is 12.6. The number of hydrazine groups is 1. The SMILES string of the molecule is COC(=O)N[C@H](C(=O)NN(C)CC[C@H](Cc1ccccc1)NC(=O)[C@H](NC(=O)OC)C(C)(C)C)C(C)(C)C. The van der Waals surface area contributed by atoms with Gasteiger partial charge in [-0.25, -0.2) is 14.6 Å². The van der Waals surface area contributed by atoms with E-state index in [4.69, 9.17) is 4.74 Å². The summed E-state index contributed by atoms with van der Waals surface area (Å²) in [5.41, 5.74) is 2.72. The number of rotatable bonds is 11. The average molecular weight is 536 g/mol. The molecule has 11 nitrogen and oxygen atoms in total. The topological polar surface area (TPSA) is 138 Å². The summed E-state index contributed by atoms with van der Waals surface area (Å²) in [6.45, 7) is 11.5. The molecule has 0 fully saturated rings. The van der Waals surface area contributed by atoms with Gasteiger partial charge >= 0.3 is 12.2 Å². The zero-order valence-electron chi connectivity index (χ0n) is 24.1. The highest BCUT2D eigenvalue weighted by Crippen LogP contribution is 2.21. The number of nitrogens with one attached hydrogen (secondary N) is 4. The van der Waals surface area contributed by atoms with E-state index >= 15 is 0 Å². The highest BCUT2D eigenvalue weighted by molar-refractivity contribution is 5.87. The lowest BCUT2D eigenvalue weighted by atomic mass is 9.86. The van der Waals surface area contributed by atoms with Crippen molar-refractivity contribution in [1.29, 1.82) is 0 Å². The minimum atomic E-state index is -0.825. The second kappa shape index (κ2) is 14.6. The monoisotopic (exact) mass is 535 g/mol. The number of alkyl carbamates (subject to hydrolysis) is 2. The second-order valence-corrected chi connectivity index (χ2v) is 11.5. The Morgan fingerprint density at radius 3 is 1.71 bits per heavy atom. The highest BCUT2D eigenvalue weighted by Gasteiger charge is 2.35. The Morgan fingerprint density at radius 1 is 0.789 bits per heavy atom. The highest BCUT2D eigenvalue weighted by atomic mass is 16.5. The van der Waals surface area contributed by atoms with E-state index < -0.39 is 35.1 Å². The van der Waals surface area contributed by atoms with Gasteiger partial charge in [0.2, 0.25) is 5.91 Å². The first kappa shape index (κ1) is 32.7. The van der Waals surface area contributed by atoms with Gasteiger partial charge in [0, 0.05) is 19.6 Å². The normalized spacial score (nSPS) is 14.1. The van der Waals surface area contributed by atoms with Crippen LogP contribution in [0, 0.1) is 10.8 Å². The van der Waals surface area contributed by atoms with Crippen LogP contribution in [0.1, 0.15) is 53.5 Å². The van der Waals surface area contributed by atoms with Crippen LogP contribution in [-0.2, 0) is 25.5 Å². The van der Waals surface area contributed by atoms with Gasteiger partial charge in [-0.2, -0.15) is 0 Å². The largest absolute Gasteiger partial charge is 0.453 e. The molecular weight excluding hydrogens is 490 g/mol. The zero-order valence-corrected chi connectivity index (χ0v) is 24.1. The van der Waals surface area contributed by atoms with Crippen LogP contribution in [0.3, 0.4) is 0 Å². The Morgan fingerprint density at radius 2 is 1.26 bits per heavy atom. The van der Waals surface area contributed by atoms with Gasteiger partial charge in [-0.1, -0.05) is 71.9 Å². The molecule has 0 radical (unpaired) electrons. The third-order valence-electron chi connectivity index (χ3n) is 5.94. The van der Waals surface area contributed by atoms with Crippen molar-refractivity contribution in [2.45, 2.75) is 72.5 Å². The van der Waals surface area contributed by atoms with Gasteiger partial charge in [-0.3, -0.25) is 15.0 Å². The van der Waals surface area contributed by atoms with Crippen LogP contribution >= 0.6 is 0 Å². The van der Waals surface area contributed by atoms with Gasteiger partial charge in [0.05, 0.1) is 14.2 Å². The van der Waals surface area contributed by atoms with Crippen LogP contribution < -0.4 is 21.4 Å². The Bertz CT molecular complexity index is 926. The number of methoxy groups -OCH3 is 2.